The van der Waals surface area contributed by atoms with E-state index in [1.54, 1.807) is 0 Å². The molecule has 23 heavy (non-hydrogen) atoms. The third-order valence-electron chi connectivity index (χ3n) is 2.97. The highest BCUT2D eigenvalue weighted by Gasteiger charge is 2.29. The zero-order chi connectivity index (χ0) is 17.3. The molecule has 1 aromatic rings. The van der Waals surface area contributed by atoms with E-state index in [1.807, 2.05) is 0 Å². The molecule has 0 aliphatic heterocycles. The Kier molecular flexibility index (Phi) is 8.19. The first kappa shape index (κ1) is 19.6. The van der Waals surface area contributed by atoms with Crippen LogP contribution < -0.4 is 15.8 Å². The van der Waals surface area contributed by atoms with Gasteiger partial charge in [-0.25, -0.2) is 0 Å². The topological polar surface area (TPSA) is 64.4 Å². The van der Waals surface area contributed by atoms with E-state index in [1.165, 1.54) is 18.2 Å². The van der Waals surface area contributed by atoms with Gasteiger partial charge in [-0.15, -0.1) is 0 Å². The van der Waals surface area contributed by atoms with Crippen molar-refractivity contribution in [3.8, 4) is 5.75 Å². The Balaban J connectivity index is 2.56. The van der Waals surface area contributed by atoms with Crippen LogP contribution >= 0.6 is 11.6 Å². The Hall–Kier alpha value is -1.47. The van der Waals surface area contributed by atoms with E-state index in [9.17, 15) is 18.0 Å². The minimum Gasteiger partial charge on any atom is -0.482 e. The Bertz CT molecular complexity index is 510. The molecule has 1 aromatic carbocycles. The molecule has 3 N–H and O–H groups in total. The van der Waals surface area contributed by atoms with Gasteiger partial charge in [-0.05, 0) is 31.5 Å². The van der Waals surface area contributed by atoms with Gasteiger partial charge in [0.15, 0.2) is 6.61 Å². The number of hydrogen-bond donors (Lipinski definition) is 2. The van der Waals surface area contributed by atoms with E-state index in [2.05, 4.69) is 5.32 Å². The first-order valence-electron chi connectivity index (χ1n) is 7.31. The van der Waals surface area contributed by atoms with Crippen molar-refractivity contribution in [3.63, 3.8) is 0 Å². The molecule has 4 nitrogen and oxygen atoms in total. The van der Waals surface area contributed by atoms with Crippen LogP contribution in [0.15, 0.2) is 18.2 Å². The summed E-state index contributed by atoms with van der Waals surface area (Å²) in [5.74, 6) is -0.386. The molecule has 0 saturated carbocycles. The lowest BCUT2D eigenvalue weighted by Gasteiger charge is -2.14. The third kappa shape index (κ3) is 8.66. The van der Waals surface area contributed by atoms with Crippen molar-refractivity contribution in [1.82, 2.24) is 0 Å². The molecule has 0 unspecified atom stereocenters. The minimum atomic E-state index is -4.47. The zero-order valence-electron chi connectivity index (χ0n) is 12.6. The van der Waals surface area contributed by atoms with E-state index in [4.69, 9.17) is 22.1 Å². The molecule has 0 atom stereocenters. The number of hydrogen-bond acceptors (Lipinski definition) is 3. The molecule has 0 bridgehead atoms. The first-order chi connectivity index (χ1) is 10.8. The summed E-state index contributed by atoms with van der Waals surface area (Å²) < 4.78 is 41.5. The number of ether oxygens (including phenoxy) is 1. The van der Waals surface area contributed by atoms with Gasteiger partial charge >= 0.3 is 6.18 Å². The van der Waals surface area contributed by atoms with Gasteiger partial charge in [-0.1, -0.05) is 24.4 Å². The lowest BCUT2D eigenvalue weighted by Crippen LogP contribution is -2.20. The van der Waals surface area contributed by atoms with Crippen LogP contribution in [0, 0.1) is 0 Å². The molecular formula is C15H20ClF3N2O2. The monoisotopic (exact) mass is 352 g/mol. The Morgan fingerprint density at radius 3 is 2.57 bits per heavy atom. The molecule has 0 radical (unpaired) electrons. The number of anilines is 1. The number of carbonyl (C=O) groups is 1. The minimum absolute atomic E-state index is 0.105. The van der Waals surface area contributed by atoms with Crippen LogP contribution in [0.2, 0.25) is 5.02 Å². The fourth-order valence-electron chi connectivity index (χ4n) is 1.87. The average molecular weight is 353 g/mol. The quantitative estimate of drug-likeness (QED) is 0.657. The van der Waals surface area contributed by atoms with Crippen LogP contribution in [0.1, 0.15) is 32.1 Å². The number of carbonyl (C=O) groups excluding carboxylic acids is 1. The second kappa shape index (κ2) is 9.62. The third-order valence-corrected chi connectivity index (χ3v) is 3.20. The maximum Gasteiger partial charge on any atom is 0.422 e. The van der Waals surface area contributed by atoms with E-state index < -0.39 is 12.8 Å². The SMILES string of the molecule is NCCCCCCC(=O)Nc1ccc(Cl)cc1OCC(F)(F)F. The summed E-state index contributed by atoms with van der Waals surface area (Å²) in [5, 5.41) is 2.77. The van der Waals surface area contributed by atoms with Gasteiger partial charge in [-0.2, -0.15) is 13.2 Å². The molecule has 0 aromatic heterocycles. The molecule has 8 heteroatoms. The molecule has 0 fully saturated rings. The second-order valence-electron chi connectivity index (χ2n) is 5.05. The summed E-state index contributed by atoms with van der Waals surface area (Å²) in [7, 11) is 0. The highest BCUT2D eigenvalue weighted by Crippen LogP contribution is 2.30. The molecule has 0 spiro atoms. The van der Waals surface area contributed by atoms with Crippen LogP contribution in [0.25, 0.3) is 0 Å². The number of rotatable bonds is 9. The number of benzene rings is 1. The summed E-state index contributed by atoms with van der Waals surface area (Å²) in [6.45, 7) is -0.827. The summed E-state index contributed by atoms with van der Waals surface area (Å²) in [5.41, 5.74) is 5.55. The number of halogens is 4. The van der Waals surface area contributed by atoms with Crippen LogP contribution in [-0.4, -0.2) is 25.2 Å². The van der Waals surface area contributed by atoms with Gasteiger partial charge in [0.25, 0.3) is 0 Å². The molecular weight excluding hydrogens is 333 g/mol. The fraction of sp³-hybridized carbons (Fsp3) is 0.533. The maximum atomic E-state index is 12.3. The predicted molar refractivity (Wildman–Crippen MR) is 83.8 cm³/mol. The standard InChI is InChI=1S/C15H20ClF3N2O2/c16-11-6-7-12(13(9-11)23-10-15(17,18)19)21-14(22)5-3-1-2-4-8-20/h6-7,9H,1-5,8,10,20H2,(H,21,22). The number of amides is 1. The fourth-order valence-corrected chi connectivity index (χ4v) is 2.04. The Labute approximate surface area is 138 Å². The smallest absolute Gasteiger partial charge is 0.422 e. The molecule has 0 aliphatic rings. The van der Waals surface area contributed by atoms with Crippen molar-refractivity contribution in [1.29, 1.82) is 0 Å². The van der Waals surface area contributed by atoms with E-state index >= 15 is 0 Å². The predicted octanol–water partition coefficient (Wildman–Crippen LogP) is 4.13. The van der Waals surface area contributed by atoms with Crippen molar-refractivity contribution in [2.24, 2.45) is 5.73 Å². The van der Waals surface area contributed by atoms with Crippen molar-refractivity contribution in [3.05, 3.63) is 23.2 Å². The summed E-state index contributed by atoms with van der Waals surface area (Å²) >= 11 is 5.75. The second-order valence-corrected chi connectivity index (χ2v) is 5.48. The average Bonchev–Trinajstić information content (AvgIpc) is 2.46. The lowest BCUT2D eigenvalue weighted by atomic mass is 10.1. The van der Waals surface area contributed by atoms with E-state index in [0.717, 1.165) is 19.3 Å². The van der Waals surface area contributed by atoms with Gasteiger partial charge in [0.2, 0.25) is 5.91 Å². The van der Waals surface area contributed by atoms with Crippen molar-refractivity contribution < 1.29 is 22.7 Å². The number of nitrogens with two attached hydrogens (primary N) is 1. The zero-order valence-corrected chi connectivity index (χ0v) is 13.3. The number of unbranched alkanes of at least 4 members (excludes halogenated alkanes) is 3. The largest absolute Gasteiger partial charge is 0.482 e. The molecule has 0 saturated heterocycles. The van der Waals surface area contributed by atoms with Crippen molar-refractivity contribution in [2.45, 2.75) is 38.3 Å². The molecule has 130 valence electrons. The van der Waals surface area contributed by atoms with Gasteiger partial charge < -0.3 is 15.8 Å². The summed E-state index contributed by atoms with van der Waals surface area (Å²) in [6.07, 6.45) is -0.752. The molecule has 1 amide bonds. The number of alkyl halides is 3. The normalized spacial score (nSPS) is 11.3. The number of nitrogens with one attached hydrogen (secondary N) is 1. The van der Waals surface area contributed by atoms with Crippen LogP contribution in [0.5, 0.6) is 5.75 Å². The van der Waals surface area contributed by atoms with Gasteiger partial charge in [0, 0.05) is 17.5 Å². The van der Waals surface area contributed by atoms with Gasteiger partial charge in [-0.3, -0.25) is 4.79 Å². The molecule has 0 aliphatic carbocycles. The highest BCUT2D eigenvalue weighted by molar-refractivity contribution is 6.30. The van der Waals surface area contributed by atoms with Gasteiger partial charge in [0.1, 0.15) is 5.75 Å². The summed E-state index contributed by atoms with van der Waals surface area (Å²) in [6, 6.07) is 4.13. The first-order valence-corrected chi connectivity index (χ1v) is 7.68. The van der Waals surface area contributed by atoms with Crippen molar-refractivity contribution >= 4 is 23.2 Å². The van der Waals surface area contributed by atoms with E-state index in [0.29, 0.717) is 13.0 Å². The Morgan fingerprint density at radius 1 is 1.22 bits per heavy atom. The molecule has 0 heterocycles. The molecule has 1 rings (SSSR count). The maximum absolute atomic E-state index is 12.3. The van der Waals surface area contributed by atoms with Crippen molar-refractivity contribution in [2.75, 3.05) is 18.5 Å². The Morgan fingerprint density at radius 2 is 1.91 bits per heavy atom. The highest BCUT2D eigenvalue weighted by atomic mass is 35.5. The van der Waals surface area contributed by atoms with Gasteiger partial charge in [0.05, 0.1) is 5.69 Å². The lowest BCUT2D eigenvalue weighted by molar-refractivity contribution is -0.153. The van der Waals surface area contributed by atoms with E-state index in [-0.39, 0.29) is 28.8 Å². The van der Waals surface area contributed by atoms with Crippen LogP contribution in [0.3, 0.4) is 0 Å². The van der Waals surface area contributed by atoms with Crippen LogP contribution in [-0.2, 0) is 4.79 Å². The summed E-state index contributed by atoms with van der Waals surface area (Å²) in [4.78, 5) is 11.8. The van der Waals surface area contributed by atoms with Crippen LogP contribution in [0.4, 0.5) is 18.9 Å².